The summed E-state index contributed by atoms with van der Waals surface area (Å²) in [4.78, 5) is 0. The largest absolute Gasteiger partial charge is 0.207 e. The van der Waals surface area contributed by atoms with Crippen LogP contribution in [-0.4, -0.2) is 0 Å². The number of hydrogen-bond donors (Lipinski definition) is 0. The van der Waals surface area contributed by atoms with Crippen molar-refractivity contribution in [3.8, 4) is 0 Å². The summed E-state index contributed by atoms with van der Waals surface area (Å²) >= 11 is 0. The van der Waals surface area contributed by atoms with Gasteiger partial charge in [0.1, 0.15) is 11.6 Å². The molecule has 1 aliphatic rings. The molecular weight excluding hydrogens is 290 g/mol. The van der Waals surface area contributed by atoms with Crippen LogP contribution in [0, 0.1) is 11.6 Å². The first-order valence-corrected chi connectivity index (χ1v) is 8.45. The highest BCUT2D eigenvalue weighted by atomic mass is 19.1. The van der Waals surface area contributed by atoms with Gasteiger partial charge in [-0.05, 0) is 53.5 Å². The molecular formula is C21H24F2. The van der Waals surface area contributed by atoms with Crippen molar-refractivity contribution in [2.75, 3.05) is 0 Å². The van der Waals surface area contributed by atoms with Crippen molar-refractivity contribution in [2.24, 2.45) is 0 Å². The van der Waals surface area contributed by atoms with Gasteiger partial charge in [0.15, 0.2) is 0 Å². The summed E-state index contributed by atoms with van der Waals surface area (Å²) < 4.78 is 28.7. The van der Waals surface area contributed by atoms with Crippen LogP contribution in [0.4, 0.5) is 8.78 Å². The zero-order valence-electron chi connectivity index (χ0n) is 14.3. The zero-order valence-corrected chi connectivity index (χ0v) is 14.3. The summed E-state index contributed by atoms with van der Waals surface area (Å²) in [6.45, 7) is 7.96. The van der Waals surface area contributed by atoms with E-state index >= 15 is 0 Å². The van der Waals surface area contributed by atoms with E-state index in [0.29, 0.717) is 5.92 Å². The average Bonchev–Trinajstić information content (AvgIpc) is 3.27. The minimum Gasteiger partial charge on any atom is -0.207 e. The second-order valence-corrected chi connectivity index (χ2v) is 7.37. The molecule has 2 aromatic rings. The van der Waals surface area contributed by atoms with Crippen LogP contribution in [0.15, 0.2) is 36.4 Å². The van der Waals surface area contributed by atoms with E-state index in [1.807, 2.05) is 13.8 Å². The normalized spacial score (nSPS) is 16.2. The van der Waals surface area contributed by atoms with Crippen LogP contribution < -0.4 is 0 Å². The van der Waals surface area contributed by atoms with Gasteiger partial charge in [0.2, 0.25) is 0 Å². The van der Waals surface area contributed by atoms with Crippen molar-refractivity contribution in [3.05, 3.63) is 70.3 Å². The van der Waals surface area contributed by atoms with E-state index in [2.05, 4.69) is 38.1 Å². The first-order valence-electron chi connectivity index (χ1n) is 8.45. The molecule has 2 heteroatoms. The molecule has 0 radical (unpaired) electrons. The number of halogens is 2. The van der Waals surface area contributed by atoms with Gasteiger partial charge in [-0.1, -0.05) is 52.0 Å². The maximum Gasteiger partial charge on any atom is 0.129 e. The Hall–Kier alpha value is -1.70. The minimum absolute atomic E-state index is 0.149. The van der Waals surface area contributed by atoms with Gasteiger partial charge in [-0.2, -0.15) is 0 Å². The second-order valence-electron chi connectivity index (χ2n) is 7.37. The highest BCUT2D eigenvalue weighted by Gasteiger charge is 2.46. The van der Waals surface area contributed by atoms with Gasteiger partial charge >= 0.3 is 0 Å². The lowest BCUT2D eigenvalue weighted by atomic mass is 9.85. The van der Waals surface area contributed by atoms with E-state index in [1.165, 1.54) is 5.56 Å². The fourth-order valence-electron chi connectivity index (χ4n) is 3.47. The van der Waals surface area contributed by atoms with E-state index in [9.17, 15) is 8.78 Å². The molecule has 1 aliphatic carbocycles. The quantitative estimate of drug-likeness (QED) is 0.622. The van der Waals surface area contributed by atoms with Crippen LogP contribution in [0.3, 0.4) is 0 Å². The van der Waals surface area contributed by atoms with Gasteiger partial charge in [0.25, 0.3) is 0 Å². The highest BCUT2D eigenvalue weighted by molar-refractivity contribution is 5.47. The summed E-state index contributed by atoms with van der Waals surface area (Å²) in [5.74, 6) is -0.496. The summed E-state index contributed by atoms with van der Waals surface area (Å²) in [5.41, 5.74) is 3.22. The first-order chi connectivity index (χ1) is 10.8. The lowest BCUT2D eigenvalue weighted by molar-refractivity contribution is 0.536. The van der Waals surface area contributed by atoms with Gasteiger partial charge in [-0.3, -0.25) is 0 Å². The van der Waals surface area contributed by atoms with Crippen molar-refractivity contribution in [2.45, 2.75) is 57.8 Å². The topological polar surface area (TPSA) is 0 Å². The SMILES string of the molecule is CC(C)c1ccc(C2(c3cc(F)c(C(C)C)c(F)c3)CC2)cc1. The summed E-state index contributed by atoms with van der Waals surface area (Å²) in [6.07, 6.45) is 1.90. The standard InChI is InChI=1S/C21H24F2/c1-13(2)15-5-7-16(8-6-15)21(9-10-21)17-11-18(22)20(14(3)4)19(23)12-17/h5-8,11-14H,9-10H2,1-4H3. The third kappa shape index (κ3) is 2.80. The van der Waals surface area contributed by atoms with Gasteiger partial charge in [-0.25, -0.2) is 8.78 Å². The Morgan fingerprint density at radius 1 is 0.783 bits per heavy atom. The van der Waals surface area contributed by atoms with Crippen LogP contribution in [0.1, 0.15) is 74.6 Å². The summed E-state index contributed by atoms with van der Waals surface area (Å²) in [6, 6.07) is 11.6. The lowest BCUT2D eigenvalue weighted by Gasteiger charge is -2.19. The van der Waals surface area contributed by atoms with E-state index in [0.717, 1.165) is 24.0 Å². The third-order valence-corrected chi connectivity index (χ3v) is 5.09. The molecule has 0 atom stereocenters. The molecule has 1 fully saturated rings. The highest BCUT2D eigenvalue weighted by Crippen LogP contribution is 2.54. The predicted octanol–water partition coefficient (Wildman–Crippen LogP) is 6.29. The minimum atomic E-state index is -0.417. The van der Waals surface area contributed by atoms with Crippen molar-refractivity contribution < 1.29 is 8.78 Å². The molecule has 0 bridgehead atoms. The number of hydrogen-bond acceptors (Lipinski definition) is 0. The molecule has 2 aromatic carbocycles. The molecule has 1 saturated carbocycles. The van der Waals surface area contributed by atoms with E-state index in [1.54, 1.807) is 12.1 Å². The molecule has 0 aromatic heterocycles. The van der Waals surface area contributed by atoms with Gasteiger partial charge in [0, 0.05) is 11.0 Å². The van der Waals surface area contributed by atoms with Crippen LogP contribution >= 0.6 is 0 Å². The Balaban J connectivity index is 2.01. The van der Waals surface area contributed by atoms with Gasteiger partial charge in [0.05, 0.1) is 0 Å². The third-order valence-electron chi connectivity index (χ3n) is 5.09. The Labute approximate surface area is 137 Å². The van der Waals surface area contributed by atoms with Crippen LogP contribution in [0.5, 0.6) is 0 Å². The van der Waals surface area contributed by atoms with E-state index < -0.39 is 11.6 Å². The Kier molecular flexibility index (Phi) is 4.03. The van der Waals surface area contributed by atoms with Gasteiger partial charge in [-0.15, -0.1) is 0 Å². The Bertz CT molecular complexity index is 684. The van der Waals surface area contributed by atoms with Crippen molar-refractivity contribution >= 4 is 0 Å². The molecule has 23 heavy (non-hydrogen) atoms. The molecule has 0 unspecified atom stereocenters. The lowest BCUT2D eigenvalue weighted by Crippen LogP contribution is -2.11. The Morgan fingerprint density at radius 3 is 1.70 bits per heavy atom. The molecule has 0 saturated heterocycles. The maximum atomic E-state index is 14.4. The zero-order chi connectivity index (χ0) is 16.8. The smallest absolute Gasteiger partial charge is 0.129 e. The average molecular weight is 314 g/mol. The molecule has 0 aliphatic heterocycles. The van der Waals surface area contributed by atoms with Crippen LogP contribution in [-0.2, 0) is 5.41 Å². The summed E-state index contributed by atoms with van der Waals surface area (Å²) in [5, 5.41) is 0. The van der Waals surface area contributed by atoms with Crippen LogP contribution in [0.25, 0.3) is 0 Å². The van der Waals surface area contributed by atoms with E-state index in [-0.39, 0.29) is 16.9 Å². The number of benzene rings is 2. The van der Waals surface area contributed by atoms with Crippen molar-refractivity contribution in [1.82, 2.24) is 0 Å². The number of rotatable bonds is 4. The molecule has 0 spiro atoms. The second kappa shape index (κ2) is 5.74. The van der Waals surface area contributed by atoms with Crippen molar-refractivity contribution in [1.29, 1.82) is 0 Å². The van der Waals surface area contributed by atoms with Crippen molar-refractivity contribution in [3.63, 3.8) is 0 Å². The molecule has 122 valence electrons. The Morgan fingerprint density at radius 2 is 1.30 bits per heavy atom. The first kappa shape index (κ1) is 16.2. The van der Waals surface area contributed by atoms with E-state index in [4.69, 9.17) is 0 Å². The molecule has 0 amide bonds. The molecule has 3 rings (SSSR count). The molecule has 0 nitrogen and oxygen atoms in total. The van der Waals surface area contributed by atoms with Crippen LogP contribution in [0.2, 0.25) is 0 Å². The summed E-state index contributed by atoms with van der Waals surface area (Å²) in [7, 11) is 0. The predicted molar refractivity (Wildman–Crippen MR) is 91.0 cm³/mol. The molecule has 0 heterocycles. The maximum absolute atomic E-state index is 14.4. The monoisotopic (exact) mass is 314 g/mol. The fraction of sp³-hybridized carbons (Fsp3) is 0.429. The molecule has 0 N–H and O–H groups in total. The fourth-order valence-corrected chi connectivity index (χ4v) is 3.47. The van der Waals surface area contributed by atoms with Gasteiger partial charge < -0.3 is 0 Å².